The number of pyridine rings is 1. The fourth-order valence-electron chi connectivity index (χ4n) is 6.31. The third-order valence-electron chi connectivity index (χ3n) is 8.40. The third-order valence-corrected chi connectivity index (χ3v) is 8.40. The highest BCUT2D eigenvalue weighted by molar-refractivity contribution is 6.05. The van der Waals surface area contributed by atoms with Crippen molar-refractivity contribution < 1.29 is 9.53 Å². The molecule has 2 aliphatic carbocycles. The van der Waals surface area contributed by atoms with Crippen molar-refractivity contribution in [1.82, 2.24) is 24.3 Å². The summed E-state index contributed by atoms with van der Waals surface area (Å²) in [6.07, 6.45) is 11.0. The largest absolute Gasteiger partial charge is 0.477 e. The van der Waals surface area contributed by atoms with Gasteiger partial charge in [0.1, 0.15) is 0 Å². The molecule has 1 amide bonds. The number of aryl methyl sites for hydroxylation is 2. The highest BCUT2D eigenvalue weighted by atomic mass is 16.5. The highest BCUT2D eigenvalue weighted by Gasteiger charge is 2.35. The molecule has 2 bridgehead atoms. The van der Waals surface area contributed by atoms with Gasteiger partial charge >= 0.3 is 0 Å². The quantitative estimate of drug-likeness (QED) is 0.347. The molecule has 0 spiro atoms. The Kier molecular flexibility index (Phi) is 6.01. The lowest BCUT2D eigenvalue weighted by Gasteiger charge is -2.23. The summed E-state index contributed by atoms with van der Waals surface area (Å²) in [5, 5.41) is 11.3. The van der Waals surface area contributed by atoms with E-state index in [9.17, 15) is 4.79 Å². The zero-order valence-electron chi connectivity index (χ0n) is 22.6. The smallest absolute Gasteiger partial charge is 0.258 e. The van der Waals surface area contributed by atoms with Crippen LogP contribution in [-0.2, 0) is 7.05 Å². The molecule has 4 heterocycles. The number of hydrogen-bond acceptors (Lipinski definition) is 6. The van der Waals surface area contributed by atoms with Crippen molar-refractivity contribution in [3.8, 4) is 17.1 Å². The van der Waals surface area contributed by atoms with E-state index in [1.165, 1.54) is 38.5 Å². The Bertz CT molecular complexity index is 1540. The van der Waals surface area contributed by atoms with Gasteiger partial charge in [0.15, 0.2) is 0 Å². The second-order valence-electron chi connectivity index (χ2n) is 11.4. The maximum absolute atomic E-state index is 13.7. The molecule has 4 aromatic rings. The summed E-state index contributed by atoms with van der Waals surface area (Å²) in [7, 11) is 1.87. The second kappa shape index (κ2) is 9.70. The number of fused-ring (bicyclic) bond motifs is 7. The molecule has 2 N–H and O–H groups in total. The van der Waals surface area contributed by atoms with E-state index in [1.54, 1.807) is 10.9 Å². The summed E-state index contributed by atoms with van der Waals surface area (Å²) in [5.41, 5.74) is 5.85. The van der Waals surface area contributed by atoms with Crippen LogP contribution < -0.4 is 15.4 Å². The minimum atomic E-state index is -0.194. The Morgan fingerprint density at radius 2 is 1.87 bits per heavy atom. The van der Waals surface area contributed by atoms with E-state index in [-0.39, 0.29) is 11.9 Å². The fraction of sp³-hybridized carbons (Fsp3) is 0.467. The van der Waals surface area contributed by atoms with Gasteiger partial charge in [-0.1, -0.05) is 12.8 Å². The molecule has 3 aliphatic rings. The van der Waals surface area contributed by atoms with Crippen molar-refractivity contribution in [3.05, 3.63) is 47.8 Å². The summed E-state index contributed by atoms with van der Waals surface area (Å²) in [6.45, 7) is 2.48. The SMILES string of the molecule is Cc1cc2cc(n1)-c1cnn(C)c1OCCCC(C1CC1)n1c(nc3ccc(NC4CCCC4)cc31)NC2=O. The lowest BCUT2D eigenvalue weighted by Crippen LogP contribution is -2.21. The normalized spacial score (nSPS) is 20.2. The van der Waals surface area contributed by atoms with E-state index in [1.807, 2.05) is 26.1 Å². The number of ether oxygens (including phenoxy) is 1. The van der Waals surface area contributed by atoms with E-state index >= 15 is 0 Å². The highest BCUT2D eigenvalue weighted by Crippen LogP contribution is 2.45. The first-order valence-corrected chi connectivity index (χ1v) is 14.3. The van der Waals surface area contributed by atoms with Crippen molar-refractivity contribution in [1.29, 1.82) is 0 Å². The molecule has 1 atom stereocenters. The molecule has 1 unspecified atom stereocenters. The van der Waals surface area contributed by atoms with Crippen LogP contribution in [0.2, 0.25) is 0 Å². The molecule has 1 aliphatic heterocycles. The Hall–Kier alpha value is -3.88. The molecular weight excluding hydrogens is 490 g/mol. The van der Waals surface area contributed by atoms with Gasteiger partial charge in [-0.05, 0) is 81.7 Å². The van der Waals surface area contributed by atoms with E-state index in [4.69, 9.17) is 14.7 Å². The number of imidazole rings is 1. The topological polar surface area (TPSA) is 98.9 Å². The molecule has 9 nitrogen and oxygen atoms in total. The van der Waals surface area contributed by atoms with Crippen LogP contribution in [-0.4, -0.2) is 42.9 Å². The third kappa shape index (κ3) is 4.64. The Morgan fingerprint density at radius 1 is 1.03 bits per heavy atom. The number of nitrogens with one attached hydrogen (secondary N) is 2. The zero-order chi connectivity index (χ0) is 26.5. The fourth-order valence-corrected chi connectivity index (χ4v) is 6.31. The molecule has 3 aromatic heterocycles. The van der Waals surface area contributed by atoms with Crippen molar-refractivity contribution >= 4 is 28.6 Å². The summed E-state index contributed by atoms with van der Waals surface area (Å²) < 4.78 is 10.3. The van der Waals surface area contributed by atoms with Gasteiger partial charge in [0, 0.05) is 36.1 Å². The van der Waals surface area contributed by atoms with E-state index in [2.05, 4.69) is 38.5 Å². The predicted molar refractivity (Wildman–Crippen MR) is 151 cm³/mol. The number of rotatable bonds is 3. The van der Waals surface area contributed by atoms with Crippen LogP contribution in [0.1, 0.15) is 73.5 Å². The molecule has 39 heavy (non-hydrogen) atoms. The van der Waals surface area contributed by atoms with Gasteiger partial charge in [-0.25, -0.2) is 9.67 Å². The maximum atomic E-state index is 13.7. The predicted octanol–water partition coefficient (Wildman–Crippen LogP) is 5.87. The van der Waals surface area contributed by atoms with E-state index in [0.717, 1.165) is 40.8 Å². The monoisotopic (exact) mass is 525 g/mol. The number of anilines is 2. The zero-order valence-corrected chi connectivity index (χ0v) is 22.6. The molecule has 0 radical (unpaired) electrons. The average Bonchev–Trinajstić information content (AvgIpc) is 3.33. The second-order valence-corrected chi connectivity index (χ2v) is 11.4. The van der Waals surface area contributed by atoms with Crippen LogP contribution in [0.15, 0.2) is 36.5 Å². The number of aromatic nitrogens is 5. The number of carbonyl (C=O) groups excluding carboxylic acids is 1. The summed E-state index contributed by atoms with van der Waals surface area (Å²) in [4.78, 5) is 23.3. The lowest BCUT2D eigenvalue weighted by molar-refractivity contribution is 0.102. The number of nitrogens with zero attached hydrogens (tertiary/aromatic N) is 5. The molecule has 1 aromatic carbocycles. The van der Waals surface area contributed by atoms with Crippen molar-refractivity contribution in [3.63, 3.8) is 0 Å². The standard InChI is InChI=1S/C30H35N7O2/c1-18-14-20-15-25(32-18)23-17-31-36(2)29(23)39-13-5-8-26(19-9-10-19)37-27-16-22(33-21-6-3-4-7-21)11-12-24(27)34-30(37)35-28(20)38/h11-12,14-17,19,21,26,33H,3-10,13H2,1-2H3,(H,34,35,38). The molecule has 202 valence electrons. The molecular formula is C30H35N7O2. The summed E-state index contributed by atoms with van der Waals surface area (Å²) in [6, 6.07) is 10.8. The van der Waals surface area contributed by atoms with Gasteiger partial charge in [-0.3, -0.25) is 15.1 Å². The van der Waals surface area contributed by atoms with Crippen molar-refractivity contribution in [2.75, 3.05) is 17.2 Å². The molecule has 9 heteroatoms. The van der Waals surface area contributed by atoms with Crippen LogP contribution in [0.25, 0.3) is 22.3 Å². The van der Waals surface area contributed by atoms with Gasteiger partial charge in [0.2, 0.25) is 11.8 Å². The lowest BCUT2D eigenvalue weighted by atomic mass is 10.1. The first kappa shape index (κ1) is 24.2. The number of benzene rings is 1. The van der Waals surface area contributed by atoms with Gasteiger partial charge < -0.3 is 14.6 Å². The number of hydrogen-bond donors (Lipinski definition) is 2. The first-order chi connectivity index (χ1) is 19.0. The molecule has 7 rings (SSSR count). The van der Waals surface area contributed by atoms with Crippen LogP contribution >= 0.6 is 0 Å². The van der Waals surface area contributed by atoms with Gasteiger partial charge in [-0.15, -0.1) is 0 Å². The minimum absolute atomic E-state index is 0.194. The van der Waals surface area contributed by atoms with Gasteiger partial charge in [0.05, 0.1) is 35.1 Å². The summed E-state index contributed by atoms with van der Waals surface area (Å²) >= 11 is 0. The van der Waals surface area contributed by atoms with E-state index in [0.29, 0.717) is 41.7 Å². The molecule has 2 saturated carbocycles. The maximum Gasteiger partial charge on any atom is 0.258 e. The van der Waals surface area contributed by atoms with Crippen LogP contribution in [0, 0.1) is 12.8 Å². The summed E-state index contributed by atoms with van der Waals surface area (Å²) in [5.74, 6) is 1.66. The Labute approximate surface area is 228 Å². The van der Waals surface area contributed by atoms with E-state index < -0.39 is 0 Å². The Balaban J connectivity index is 1.32. The van der Waals surface area contributed by atoms with Crippen LogP contribution in [0.5, 0.6) is 5.88 Å². The van der Waals surface area contributed by atoms with Crippen LogP contribution in [0.3, 0.4) is 0 Å². The number of amides is 1. The van der Waals surface area contributed by atoms with Crippen molar-refractivity contribution in [2.24, 2.45) is 13.0 Å². The average molecular weight is 526 g/mol. The van der Waals surface area contributed by atoms with Gasteiger partial charge in [0.25, 0.3) is 5.91 Å². The van der Waals surface area contributed by atoms with Crippen LogP contribution in [0.4, 0.5) is 11.6 Å². The minimum Gasteiger partial charge on any atom is -0.477 e. The Morgan fingerprint density at radius 3 is 2.69 bits per heavy atom. The molecule has 0 saturated heterocycles. The van der Waals surface area contributed by atoms with Crippen molar-refractivity contribution in [2.45, 2.75) is 70.4 Å². The first-order valence-electron chi connectivity index (χ1n) is 14.3. The number of carbonyl (C=O) groups is 1. The molecule has 2 fully saturated rings. The van der Waals surface area contributed by atoms with Gasteiger partial charge in [-0.2, -0.15) is 5.10 Å².